The van der Waals surface area contributed by atoms with E-state index in [2.05, 4.69) is 63.4 Å². The van der Waals surface area contributed by atoms with Crippen molar-refractivity contribution in [2.45, 2.75) is 18.7 Å². The van der Waals surface area contributed by atoms with Crippen LogP contribution in [-0.2, 0) is 6.42 Å². The molecule has 0 spiro atoms. The average molecular weight is 353 g/mol. The number of fused-ring (bicyclic) bond motifs is 7. The van der Waals surface area contributed by atoms with Crippen LogP contribution in [0.5, 0.6) is 5.75 Å². The minimum absolute atomic E-state index is 0.127. The molecule has 2 aromatic heterocycles. The van der Waals surface area contributed by atoms with Gasteiger partial charge in [0.1, 0.15) is 5.75 Å². The monoisotopic (exact) mass is 353 g/mol. The predicted octanol–water partition coefficient (Wildman–Crippen LogP) is 4.60. The molecule has 0 bridgehead atoms. The maximum Gasteiger partial charge on any atom is 0.181 e. The second kappa shape index (κ2) is 5.69. The molecule has 0 fully saturated rings. The summed E-state index contributed by atoms with van der Waals surface area (Å²) >= 11 is 0. The van der Waals surface area contributed by atoms with E-state index in [-0.39, 0.29) is 12.3 Å². The van der Waals surface area contributed by atoms with Crippen molar-refractivity contribution in [3.63, 3.8) is 0 Å². The number of aromatic nitrogens is 2. The molecule has 0 radical (unpaired) electrons. The molecule has 4 nitrogen and oxygen atoms in total. The van der Waals surface area contributed by atoms with Crippen molar-refractivity contribution >= 4 is 10.9 Å². The van der Waals surface area contributed by atoms with Gasteiger partial charge in [0.25, 0.3) is 0 Å². The number of nitrogens with zero attached hydrogens (tertiary/aromatic N) is 2. The smallest absolute Gasteiger partial charge is 0.181 e. The molecular weight excluding hydrogens is 334 g/mol. The van der Waals surface area contributed by atoms with E-state index < -0.39 is 0 Å². The lowest BCUT2D eigenvalue weighted by Gasteiger charge is -2.45. The highest BCUT2D eigenvalue weighted by atomic mass is 16.5. The van der Waals surface area contributed by atoms with E-state index >= 15 is 0 Å². The fourth-order valence-corrected chi connectivity index (χ4v) is 4.63. The van der Waals surface area contributed by atoms with Gasteiger partial charge in [-0.15, -0.1) is 0 Å². The fourth-order valence-electron chi connectivity index (χ4n) is 4.63. The summed E-state index contributed by atoms with van der Waals surface area (Å²) in [6.07, 6.45) is 4.61. The maximum absolute atomic E-state index is 6.45. The molecule has 4 heteroatoms. The van der Waals surface area contributed by atoms with Crippen LogP contribution in [0, 0.1) is 0 Å². The molecule has 0 saturated heterocycles. The molecule has 1 N–H and O–H groups in total. The third-order valence-electron chi connectivity index (χ3n) is 5.79. The summed E-state index contributed by atoms with van der Waals surface area (Å²) in [7, 11) is 0. The minimum Gasteiger partial charge on any atom is -0.470 e. The Morgan fingerprint density at radius 1 is 1.00 bits per heavy atom. The van der Waals surface area contributed by atoms with Gasteiger partial charge in [0.05, 0.1) is 6.04 Å². The first-order valence-electron chi connectivity index (χ1n) is 9.41. The standard InChI is InChI=1S/C23H19N3O/c1-3-9-19-16(7-1)17-11-13-26-22(21(17)25-19)18-8-2-4-10-20(18)27-23(26)15-6-5-12-24-14-15/h1-10,12,14,22-23,25H,11,13H2/t22-,23+/m0/s1. The SMILES string of the molecule is c1cncc([C@H]2Oc3ccccc3[C@H]3c4[nH]c5ccccc5c4CCN32)c1. The fraction of sp³-hybridized carbons (Fsp3) is 0.174. The summed E-state index contributed by atoms with van der Waals surface area (Å²) in [6.45, 7) is 0.952. The Kier molecular flexibility index (Phi) is 3.16. The molecule has 2 aromatic carbocycles. The Bertz CT molecular complexity index is 1130. The highest BCUT2D eigenvalue weighted by Crippen LogP contribution is 2.48. The van der Waals surface area contributed by atoms with Gasteiger partial charge in [-0.1, -0.05) is 42.5 Å². The summed E-state index contributed by atoms with van der Waals surface area (Å²) in [5.41, 5.74) is 6.27. The van der Waals surface area contributed by atoms with Crippen molar-refractivity contribution in [2.24, 2.45) is 0 Å². The van der Waals surface area contributed by atoms with Gasteiger partial charge < -0.3 is 9.72 Å². The number of benzene rings is 2. The molecule has 2 atom stereocenters. The van der Waals surface area contributed by atoms with E-state index in [1.807, 2.05) is 24.5 Å². The molecule has 132 valence electrons. The topological polar surface area (TPSA) is 41.1 Å². The van der Waals surface area contributed by atoms with E-state index in [0.29, 0.717) is 0 Å². The van der Waals surface area contributed by atoms with Gasteiger partial charge in [-0.25, -0.2) is 0 Å². The first-order valence-corrected chi connectivity index (χ1v) is 9.41. The van der Waals surface area contributed by atoms with E-state index in [1.165, 1.54) is 27.7 Å². The second-order valence-corrected chi connectivity index (χ2v) is 7.25. The molecule has 2 aliphatic rings. The number of hydrogen-bond acceptors (Lipinski definition) is 3. The number of nitrogens with one attached hydrogen (secondary N) is 1. The van der Waals surface area contributed by atoms with Crippen molar-refractivity contribution < 1.29 is 4.74 Å². The summed E-state index contributed by atoms with van der Waals surface area (Å²) in [4.78, 5) is 10.5. The van der Waals surface area contributed by atoms with Crippen LogP contribution in [0.2, 0.25) is 0 Å². The Hall–Kier alpha value is -3.11. The summed E-state index contributed by atoms with van der Waals surface area (Å²) < 4.78 is 6.45. The van der Waals surface area contributed by atoms with Gasteiger partial charge in [-0.05, 0) is 30.2 Å². The molecule has 4 heterocycles. The molecule has 4 aromatic rings. The lowest BCUT2D eigenvalue weighted by molar-refractivity contribution is -0.0247. The molecule has 6 rings (SSSR count). The van der Waals surface area contributed by atoms with Crippen molar-refractivity contribution in [3.8, 4) is 5.75 Å². The van der Waals surface area contributed by atoms with Gasteiger partial charge in [0, 0.05) is 46.7 Å². The number of aromatic amines is 1. The molecule has 0 amide bonds. The summed E-state index contributed by atoms with van der Waals surface area (Å²) in [5, 5.41) is 1.34. The quantitative estimate of drug-likeness (QED) is 0.544. The highest BCUT2D eigenvalue weighted by Gasteiger charge is 2.41. The number of hydrogen-bond donors (Lipinski definition) is 1. The summed E-state index contributed by atoms with van der Waals surface area (Å²) in [5.74, 6) is 0.958. The lowest BCUT2D eigenvalue weighted by atomic mass is 9.90. The zero-order valence-corrected chi connectivity index (χ0v) is 14.8. The molecule has 0 aliphatic carbocycles. The molecule has 2 aliphatic heterocycles. The van der Waals surface area contributed by atoms with Crippen LogP contribution in [0.3, 0.4) is 0 Å². The van der Waals surface area contributed by atoms with Crippen LogP contribution in [0.1, 0.15) is 34.7 Å². The Morgan fingerprint density at radius 2 is 1.89 bits per heavy atom. The third-order valence-corrected chi connectivity index (χ3v) is 5.79. The minimum atomic E-state index is -0.127. The van der Waals surface area contributed by atoms with Gasteiger partial charge in [-0.2, -0.15) is 0 Å². The Labute approximate surface area is 157 Å². The van der Waals surface area contributed by atoms with E-state index in [0.717, 1.165) is 24.3 Å². The van der Waals surface area contributed by atoms with Gasteiger partial charge in [0.15, 0.2) is 6.23 Å². The lowest BCUT2D eigenvalue weighted by Crippen LogP contribution is -2.44. The van der Waals surface area contributed by atoms with Crippen LogP contribution in [0.4, 0.5) is 0 Å². The number of pyridine rings is 1. The highest BCUT2D eigenvalue weighted by molar-refractivity contribution is 5.85. The van der Waals surface area contributed by atoms with Crippen LogP contribution >= 0.6 is 0 Å². The zero-order chi connectivity index (χ0) is 17.8. The molecular formula is C23H19N3O. The number of ether oxygens (including phenoxy) is 1. The van der Waals surface area contributed by atoms with E-state index in [9.17, 15) is 0 Å². The van der Waals surface area contributed by atoms with Crippen molar-refractivity contribution in [3.05, 3.63) is 95.4 Å². The van der Waals surface area contributed by atoms with Gasteiger partial charge in [0.2, 0.25) is 0 Å². The van der Waals surface area contributed by atoms with Crippen LogP contribution in [0.15, 0.2) is 73.1 Å². The number of para-hydroxylation sites is 2. The van der Waals surface area contributed by atoms with Crippen molar-refractivity contribution in [2.75, 3.05) is 6.54 Å². The predicted molar refractivity (Wildman–Crippen MR) is 105 cm³/mol. The second-order valence-electron chi connectivity index (χ2n) is 7.25. The first kappa shape index (κ1) is 15.0. The number of rotatable bonds is 1. The van der Waals surface area contributed by atoms with Gasteiger partial charge in [-0.3, -0.25) is 9.88 Å². The molecule has 0 saturated carbocycles. The third kappa shape index (κ3) is 2.17. The number of H-pyrrole nitrogens is 1. The Morgan fingerprint density at radius 3 is 2.81 bits per heavy atom. The van der Waals surface area contributed by atoms with Crippen LogP contribution in [0.25, 0.3) is 10.9 Å². The normalized spacial score (nSPS) is 21.2. The Balaban J connectivity index is 1.58. The van der Waals surface area contributed by atoms with Crippen LogP contribution < -0.4 is 4.74 Å². The van der Waals surface area contributed by atoms with Crippen molar-refractivity contribution in [1.82, 2.24) is 14.9 Å². The molecule has 27 heavy (non-hydrogen) atoms. The van der Waals surface area contributed by atoms with Crippen molar-refractivity contribution in [1.29, 1.82) is 0 Å². The maximum atomic E-state index is 6.45. The largest absolute Gasteiger partial charge is 0.470 e. The average Bonchev–Trinajstić information content (AvgIpc) is 3.12. The molecule has 0 unspecified atom stereocenters. The van der Waals surface area contributed by atoms with Crippen LogP contribution in [-0.4, -0.2) is 21.4 Å². The zero-order valence-electron chi connectivity index (χ0n) is 14.8. The first-order chi connectivity index (χ1) is 13.4. The van der Waals surface area contributed by atoms with Gasteiger partial charge >= 0.3 is 0 Å². The van der Waals surface area contributed by atoms with E-state index in [4.69, 9.17) is 4.74 Å². The van der Waals surface area contributed by atoms with E-state index in [1.54, 1.807) is 0 Å². The summed E-state index contributed by atoms with van der Waals surface area (Å²) in [6, 6.07) is 21.3.